The molecule has 0 radical (unpaired) electrons. The van der Waals surface area contributed by atoms with Gasteiger partial charge in [-0.15, -0.1) is 0 Å². The van der Waals surface area contributed by atoms with Crippen molar-refractivity contribution in [3.8, 4) is 0 Å². The van der Waals surface area contributed by atoms with Crippen LogP contribution in [0.2, 0.25) is 0 Å². The molecule has 0 aliphatic heterocycles. The van der Waals surface area contributed by atoms with Crippen molar-refractivity contribution in [2.24, 2.45) is 0 Å². The fourth-order valence-electron chi connectivity index (χ4n) is 0.787. The summed E-state index contributed by atoms with van der Waals surface area (Å²) >= 11 is 3.98. The highest BCUT2D eigenvalue weighted by molar-refractivity contribution is 7.80. The lowest BCUT2D eigenvalue weighted by Crippen LogP contribution is -2.10. The molecule has 0 amide bonds. The second-order valence-corrected chi connectivity index (χ2v) is 2.54. The molecule has 78 valence electrons. The zero-order chi connectivity index (χ0) is 10.4. The Morgan fingerprint density at radius 3 is 2.21 bits per heavy atom. The highest BCUT2D eigenvalue weighted by atomic mass is 32.1. The number of aliphatic hydroxyl groups excluding tert-OH is 1. The average Bonchev–Trinajstić information content (AvgIpc) is 2.18. The van der Waals surface area contributed by atoms with Crippen LogP contribution in [0.15, 0.2) is 0 Å². The Bertz CT molecular complexity index is 271. The number of hydrogen-bond donors (Lipinski definition) is 5. The molecule has 0 fully saturated rings. The van der Waals surface area contributed by atoms with E-state index in [1.807, 2.05) is 0 Å². The van der Waals surface area contributed by atoms with Crippen LogP contribution in [0.4, 0.5) is 17.8 Å². The number of aliphatic hydroxyl groups is 1. The summed E-state index contributed by atoms with van der Waals surface area (Å²) in [5, 5.41) is 16.8. The standard InChI is InChI=1S/C6H12N6OS/c1-7-4-10-5(8-2-13)12-6(11-4)9-3-14/h13-14H,2-3H2,1H3,(H3,7,8,9,10,11,12). The number of anilines is 3. The van der Waals surface area contributed by atoms with Crippen LogP contribution in [-0.4, -0.2) is 39.7 Å². The van der Waals surface area contributed by atoms with Crippen LogP contribution in [0.25, 0.3) is 0 Å². The van der Waals surface area contributed by atoms with Crippen LogP contribution in [0.3, 0.4) is 0 Å². The first-order chi connectivity index (χ1) is 6.80. The summed E-state index contributed by atoms with van der Waals surface area (Å²) in [6, 6.07) is 0. The van der Waals surface area contributed by atoms with Crippen LogP contribution in [0.1, 0.15) is 0 Å². The molecule has 4 N–H and O–H groups in total. The van der Waals surface area contributed by atoms with Gasteiger partial charge in [-0.2, -0.15) is 27.6 Å². The maximum absolute atomic E-state index is 8.64. The fourth-order valence-corrected chi connectivity index (χ4v) is 0.929. The average molecular weight is 216 g/mol. The molecular weight excluding hydrogens is 204 g/mol. The molecule has 0 spiro atoms. The molecule has 1 heterocycles. The Morgan fingerprint density at radius 1 is 1.14 bits per heavy atom. The van der Waals surface area contributed by atoms with Crippen molar-refractivity contribution in [1.29, 1.82) is 0 Å². The van der Waals surface area contributed by atoms with Crippen LogP contribution in [0, 0.1) is 0 Å². The number of hydrogen-bond acceptors (Lipinski definition) is 8. The largest absolute Gasteiger partial charge is 0.376 e. The van der Waals surface area contributed by atoms with Crippen molar-refractivity contribution in [1.82, 2.24) is 15.0 Å². The fraction of sp³-hybridized carbons (Fsp3) is 0.500. The van der Waals surface area contributed by atoms with Crippen LogP contribution in [0.5, 0.6) is 0 Å². The SMILES string of the molecule is CNc1nc(NCO)nc(NCS)n1. The minimum absolute atomic E-state index is 0.229. The van der Waals surface area contributed by atoms with E-state index in [0.717, 1.165) is 0 Å². The number of nitrogens with one attached hydrogen (secondary N) is 3. The van der Waals surface area contributed by atoms with Crippen molar-refractivity contribution in [2.45, 2.75) is 0 Å². The number of rotatable bonds is 5. The minimum atomic E-state index is -0.229. The Hall–Kier alpha value is -1.28. The third-order valence-electron chi connectivity index (χ3n) is 1.33. The Balaban J connectivity index is 2.88. The summed E-state index contributed by atoms with van der Waals surface area (Å²) in [7, 11) is 1.70. The van der Waals surface area contributed by atoms with Crippen LogP contribution >= 0.6 is 12.6 Å². The lowest BCUT2D eigenvalue weighted by molar-refractivity contribution is 0.324. The molecule has 14 heavy (non-hydrogen) atoms. The second-order valence-electron chi connectivity index (χ2n) is 2.23. The summed E-state index contributed by atoms with van der Waals surface area (Å²) in [6.07, 6.45) is 0. The van der Waals surface area contributed by atoms with E-state index < -0.39 is 0 Å². The van der Waals surface area contributed by atoms with Gasteiger partial charge < -0.3 is 21.1 Å². The molecule has 0 atom stereocenters. The van der Waals surface area contributed by atoms with Gasteiger partial charge in [0.1, 0.15) is 6.73 Å². The number of nitrogens with zero attached hydrogens (tertiary/aromatic N) is 3. The molecule has 1 aromatic heterocycles. The molecule has 0 saturated carbocycles. The molecule has 0 aliphatic carbocycles. The molecule has 1 aromatic rings. The normalized spacial score (nSPS) is 9.64. The quantitative estimate of drug-likeness (QED) is 0.337. The Morgan fingerprint density at radius 2 is 1.71 bits per heavy atom. The Kier molecular flexibility index (Phi) is 4.20. The summed E-state index contributed by atoms with van der Waals surface area (Å²) in [5.74, 6) is 1.54. The zero-order valence-electron chi connectivity index (χ0n) is 7.65. The van der Waals surface area contributed by atoms with Gasteiger partial charge in [0.15, 0.2) is 0 Å². The minimum Gasteiger partial charge on any atom is -0.376 e. The van der Waals surface area contributed by atoms with Crippen LogP contribution in [-0.2, 0) is 0 Å². The maximum atomic E-state index is 8.64. The van der Waals surface area contributed by atoms with Gasteiger partial charge in [-0.3, -0.25) is 0 Å². The summed E-state index contributed by atoms with van der Waals surface area (Å²) in [4.78, 5) is 11.9. The van der Waals surface area contributed by atoms with E-state index >= 15 is 0 Å². The molecule has 1 rings (SSSR count). The van der Waals surface area contributed by atoms with Crippen molar-refractivity contribution < 1.29 is 5.11 Å². The molecule has 0 bridgehead atoms. The van der Waals surface area contributed by atoms with Crippen molar-refractivity contribution in [3.05, 3.63) is 0 Å². The third kappa shape index (κ3) is 2.89. The highest BCUT2D eigenvalue weighted by Crippen LogP contribution is 2.07. The van der Waals surface area contributed by atoms with E-state index in [1.54, 1.807) is 7.05 Å². The molecule has 8 heteroatoms. The van der Waals surface area contributed by atoms with Gasteiger partial charge in [0, 0.05) is 7.05 Å². The highest BCUT2D eigenvalue weighted by Gasteiger charge is 2.03. The van der Waals surface area contributed by atoms with E-state index in [9.17, 15) is 0 Å². The second kappa shape index (κ2) is 5.45. The van der Waals surface area contributed by atoms with Gasteiger partial charge in [-0.1, -0.05) is 0 Å². The van der Waals surface area contributed by atoms with E-state index in [2.05, 4.69) is 43.5 Å². The number of thiol groups is 1. The van der Waals surface area contributed by atoms with Gasteiger partial charge in [0.2, 0.25) is 17.8 Å². The van der Waals surface area contributed by atoms with Gasteiger partial charge in [0.05, 0.1) is 5.88 Å². The lowest BCUT2D eigenvalue weighted by atomic mass is 10.8. The first-order valence-electron chi connectivity index (χ1n) is 3.93. The van der Waals surface area contributed by atoms with Gasteiger partial charge >= 0.3 is 0 Å². The van der Waals surface area contributed by atoms with E-state index in [0.29, 0.717) is 23.7 Å². The lowest BCUT2D eigenvalue weighted by Gasteiger charge is -2.06. The molecular formula is C6H12N6OS. The predicted octanol–water partition coefficient (Wildman–Crippen LogP) is -0.426. The first-order valence-corrected chi connectivity index (χ1v) is 4.56. The van der Waals surface area contributed by atoms with Gasteiger partial charge in [0.25, 0.3) is 0 Å². The third-order valence-corrected chi connectivity index (χ3v) is 1.49. The van der Waals surface area contributed by atoms with E-state index in [-0.39, 0.29) is 6.73 Å². The number of aromatic nitrogens is 3. The molecule has 0 aliphatic rings. The predicted molar refractivity (Wildman–Crippen MR) is 57.6 cm³/mol. The summed E-state index contributed by atoms with van der Waals surface area (Å²) in [6.45, 7) is -0.229. The van der Waals surface area contributed by atoms with Crippen molar-refractivity contribution >= 4 is 30.5 Å². The van der Waals surface area contributed by atoms with Crippen LogP contribution < -0.4 is 16.0 Å². The molecule has 0 saturated heterocycles. The van der Waals surface area contributed by atoms with Crippen molar-refractivity contribution in [3.63, 3.8) is 0 Å². The summed E-state index contributed by atoms with van der Waals surface area (Å²) in [5.41, 5.74) is 0. The Labute approximate surface area is 86.8 Å². The first kappa shape index (κ1) is 10.8. The van der Waals surface area contributed by atoms with Crippen molar-refractivity contribution in [2.75, 3.05) is 35.6 Å². The zero-order valence-corrected chi connectivity index (χ0v) is 8.54. The maximum Gasteiger partial charge on any atom is 0.231 e. The molecule has 0 aromatic carbocycles. The van der Waals surface area contributed by atoms with E-state index in [1.165, 1.54) is 0 Å². The van der Waals surface area contributed by atoms with E-state index in [4.69, 9.17) is 5.11 Å². The van der Waals surface area contributed by atoms with Gasteiger partial charge in [-0.25, -0.2) is 0 Å². The monoisotopic (exact) mass is 216 g/mol. The molecule has 7 nitrogen and oxygen atoms in total. The van der Waals surface area contributed by atoms with Gasteiger partial charge in [-0.05, 0) is 0 Å². The summed E-state index contributed by atoms with van der Waals surface area (Å²) < 4.78 is 0. The smallest absolute Gasteiger partial charge is 0.231 e. The topological polar surface area (TPSA) is 95.0 Å². The molecule has 0 unspecified atom stereocenters.